The molecular formula is C25H23F2N3O3. The number of amides is 2. The van der Waals surface area contributed by atoms with Gasteiger partial charge in [-0.2, -0.15) is 0 Å². The van der Waals surface area contributed by atoms with Crippen LogP contribution in [0.3, 0.4) is 0 Å². The van der Waals surface area contributed by atoms with Gasteiger partial charge in [-0.25, -0.2) is 13.8 Å². The summed E-state index contributed by atoms with van der Waals surface area (Å²) in [6, 6.07) is 10.5. The molecule has 0 N–H and O–H groups in total. The summed E-state index contributed by atoms with van der Waals surface area (Å²) in [5.41, 5.74) is 1.07. The molecule has 2 amide bonds. The first kappa shape index (κ1) is 21.3. The number of aromatic nitrogens is 1. The van der Waals surface area contributed by atoms with Crippen molar-refractivity contribution in [3.63, 3.8) is 0 Å². The quantitative estimate of drug-likeness (QED) is 0.594. The second-order valence-electron chi connectivity index (χ2n) is 8.73. The van der Waals surface area contributed by atoms with E-state index < -0.39 is 17.0 Å². The number of carbonyl (C=O) groups is 2. The van der Waals surface area contributed by atoms with Crippen LogP contribution in [-0.2, 0) is 11.3 Å². The molecule has 2 aromatic carbocycles. The number of piperidine rings is 1. The summed E-state index contributed by atoms with van der Waals surface area (Å²) in [5, 5.41) is 0. The molecule has 0 atom stereocenters. The minimum atomic E-state index is -0.531. The number of oxazole rings is 1. The summed E-state index contributed by atoms with van der Waals surface area (Å²) in [7, 11) is 0. The van der Waals surface area contributed by atoms with E-state index in [9.17, 15) is 18.4 Å². The smallest absolute Gasteiger partial charge is 0.253 e. The third-order valence-corrected chi connectivity index (χ3v) is 6.83. The minimum Gasteiger partial charge on any atom is -0.444 e. The van der Waals surface area contributed by atoms with Crippen molar-refractivity contribution >= 4 is 11.8 Å². The first-order valence-corrected chi connectivity index (χ1v) is 11.0. The van der Waals surface area contributed by atoms with Crippen molar-refractivity contribution in [1.29, 1.82) is 0 Å². The van der Waals surface area contributed by atoms with Gasteiger partial charge in [0.2, 0.25) is 5.91 Å². The molecule has 1 aromatic heterocycles. The van der Waals surface area contributed by atoms with Gasteiger partial charge in [0.15, 0.2) is 12.2 Å². The van der Waals surface area contributed by atoms with E-state index in [1.165, 1.54) is 6.39 Å². The zero-order valence-electron chi connectivity index (χ0n) is 18.0. The van der Waals surface area contributed by atoms with Gasteiger partial charge in [0.05, 0.1) is 11.6 Å². The average molecular weight is 451 g/mol. The summed E-state index contributed by atoms with van der Waals surface area (Å²) in [5.74, 6) is -0.502. The molecule has 6 nitrogen and oxygen atoms in total. The van der Waals surface area contributed by atoms with E-state index in [4.69, 9.17) is 4.42 Å². The predicted octanol–water partition coefficient (Wildman–Crippen LogP) is 4.27. The van der Waals surface area contributed by atoms with Crippen molar-refractivity contribution in [2.45, 2.75) is 25.8 Å². The van der Waals surface area contributed by atoms with Gasteiger partial charge in [0.25, 0.3) is 5.91 Å². The van der Waals surface area contributed by atoms with Crippen molar-refractivity contribution < 1.29 is 22.8 Å². The highest BCUT2D eigenvalue weighted by atomic mass is 19.1. The lowest BCUT2D eigenvalue weighted by molar-refractivity contribution is -0.138. The molecule has 0 aliphatic carbocycles. The first-order chi connectivity index (χ1) is 15.9. The third-order valence-electron chi connectivity index (χ3n) is 6.83. The summed E-state index contributed by atoms with van der Waals surface area (Å²) >= 11 is 0. The van der Waals surface area contributed by atoms with Crippen LogP contribution in [-0.4, -0.2) is 46.2 Å². The van der Waals surface area contributed by atoms with E-state index in [0.29, 0.717) is 50.2 Å². The van der Waals surface area contributed by atoms with Crippen molar-refractivity contribution in [3.05, 3.63) is 77.8 Å². The third kappa shape index (κ3) is 4.01. The molecule has 170 valence electrons. The second kappa shape index (κ2) is 8.42. The fraction of sp³-hybridized carbons (Fsp3) is 0.320. The Morgan fingerprint density at radius 2 is 1.76 bits per heavy atom. The minimum absolute atomic E-state index is 0.0327. The predicted molar refractivity (Wildman–Crippen MR) is 116 cm³/mol. The molecule has 2 aliphatic rings. The first-order valence-electron chi connectivity index (χ1n) is 11.0. The molecule has 0 unspecified atom stereocenters. The van der Waals surface area contributed by atoms with Gasteiger partial charge in [-0.1, -0.05) is 12.1 Å². The highest BCUT2D eigenvalue weighted by molar-refractivity contribution is 5.95. The monoisotopic (exact) mass is 451 g/mol. The van der Waals surface area contributed by atoms with Crippen molar-refractivity contribution in [1.82, 2.24) is 14.8 Å². The number of hydrogen-bond acceptors (Lipinski definition) is 4. The number of likely N-dealkylation sites (tertiary alicyclic amines) is 2. The second-order valence-corrected chi connectivity index (χ2v) is 8.73. The van der Waals surface area contributed by atoms with Crippen LogP contribution in [0.2, 0.25) is 0 Å². The van der Waals surface area contributed by atoms with Gasteiger partial charge < -0.3 is 14.2 Å². The van der Waals surface area contributed by atoms with Crippen molar-refractivity contribution in [2.24, 2.45) is 5.41 Å². The van der Waals surface area contributed by atoms with Crippen molar-refractivity contribution in [3.8, 4) is 11.3 Å². The Labute approximate surface area is 189 Å². The SMILES string of the molecule is O=C(c1ccc(-c2cnco2)cc1)N1CCC2(CC1)CCN(Cc1cc(F)ccc1F)C2=O. The topological polar surface area (TPSA) is 66.7 Å². The molecule has 33 heavy (non-hydrogen) atoms. The zero-order valence-corrected chi connectivity index (χ0v) is 18.0. The molecule has 0 radical (unpaired) electrons. The Bertz CT molecular complexity index is 1170. The van der Waals surface area contributed by atoms with Crippen molar-refractivity contribution in [2.75, 3.05) is 19.6 Å². The lowest BCUT2D eigenvalue weighted by Crippen LogP contribution is -2.46. The fourth-order valence-electron chi connectivity index (χ4n) is 4.83. The van der Waals surface area contributed by atoms with Crippen LogP contribution in [0.4, 0.5) is 8.78 Å². The van der Waals surface area contributed by atoms with Crippen LogP contribution in [0.15, 0.2) is 59.5 Å². The number of nitrogens with zero attached hydrogens (tertiary/aromatic N) is 3. The Morgan fingerprint density at radius 3 is 2.45 bits per heavy atom. The molecule has 2 saturated heterocycles. The molecule has 5 rings (SSSR count). The summed E-state index contributed by atoms with van der Waals surface area (Å²) in [6.07, 6.45) is 4.77. The van der Waals surface area contributed by atoms with E-state index in [0.717, 1.165) is 23.8 Å². The van der Waals surface area contributed by atoms with Gasteiger partial charge in [-0.15, -0.1) is 0 Å². The number of hydrogen-bond donors (Lipinski definition) is 0. The van der Waals surface area contributed by atoms with Gasteiger partial charge in [0.1, 0.15) is 11.6 Å². The largest absolute Gasteiger partial charge is 0.444 e. The lowest BCUT2D eigenvalue weighted by atomic mass is 9.77. The molecule has 3 heterocycles. The maximum absolute atomic E-state index is 14.0. The fourth-order valence-corrected chi connectivity index (χ4v) is 4.83. The maximum atomic E-state index is 14.0. The number of benzene rings is 2. The number of carbonyl (C=O) groups excluding carboxylic acids is 2. The molecule has 1 spiro atoms. The standard InChI is InChI=1S/C25H23F2N3O3/c26-20-5-6-21(27)19(13-20)15-30-12-9-25(24(30)32)7-10-29(11-8-25)23(31)18-3-1-17(2-4-18)22-14-28-16-33-22/h1-6,13-14,16H,7-12,15H2. The lowest BCUT2D eigenvalue weighted by Gasteiger charge is -2.38. The molecule has 0 saturated carbocycles. The molecule has 3 aromatic rings. The highest BCUT2D eigenvalue weighted by Crippen LogP contribution is 2.42. The average Bonchev–Trinajstić information content (AvgIpc) is 3.47. The highest BCUT2D eigenvalue weighted by Gasteiger charge is 2.48. The summed E-state index contributed by atoms with van der Waals surface area (Å²) < 4.78 is 32.8. The van der Waals surface area contributed by atoms with Crippen LogP contribution >= 0.6 is 0 Å². The van der Waals surface area contributed by atoms with E-state index >= 15 is 0 Å². The zero-order chi connectivity index (χ0) is 23.0. The normalized spacial score (nSPS) is 17.7. The summed E-state index contributed by atoms with van der Waals surface area (Å²) in [4.78, 5) is 33.4. The summed E-state index contributed by atoms with van der Waals surface area (Å²) in [6.45, 7) is 1.53. The maximum Gasteiger partial charge on any atom is 0.253 e. The van der Waals surface area contributed by atoms with Crippen LogP contribution in [0.25, 0.3) is 11.3 Å². The Morgan fingerprint density at radius 1 is 1.03 bits per heavy atom. The van der Waals surface area contributed by atoms with Gasteiger partial charge in [0, 0.05) is 42.9 Å². The molecule has 2 aliphatic heterocycles. The number of rotatable bonds is 4. The van der Waals surface area contributed by atoms with E-state index in [-0.39, 0.29) is 23.9 Å². The van der Waals surface area contributed by atoms with Crippen LogP contribution in [0, 0.1) is 17.0 Å². The van der Waals surface area contributed by atoms with E-state index in [1.54, 1.807) is 28.1 Å². The van der Waals surface area contributed by atoms with E-state index in [1.807, 2.05) is 12.1 Å². The molecule has 8 heteroatoms. The molecular weight excluding hydrogens is 428 g/mol. The van der Waals surface area contributed by atoms with Crippen LogP contribution in [0.1, 0.15) is 35.2 Å². The Hall–Kier alpha value is -3.55. The van der Waals surface area contributed by atoms with Gasteiger partial charge in [-0.3, -0.25) is 9.59 Å². The van der Waals surface area contributed by atoms with Gasteiger partial charge in [-0.05, 0) is 49.6 Å². The van der Waals surface area contributed by atoms with Crippen LogP contribution in [0.5, 0.6) is 0 Å². The van der Waals surface area contributed by atoms with Crippen LogP contribution < -0.4 is 0 Å². The Kier molecular flexibility index (Phi) is 5.44. The van der Waals surface area contributed by atoms with Gasteiger partial charge >= 0.3 is 0 Å². The number of halogens is 2. The van der Waals surface area contributed by atoms with E-state index in [2.05, 4.69) is 4.98 Å². The Balaban J connectivity index is 1.22. The molecule has 0 bridgehead atoms. The molecule has 2 fully saturated rings.